The Morgan fingerprint density at radius 1 is 0.971 bits per heavy atom. The predicted molar refractivity (Wildman–Crippen MR) is 133 cm³/mol. The number of hydrogen-bond donors (Lipinski definition) is 2. The molecular formula is C25H21ClFN5O3. The van der Waals surface area contributed by atoms with Gasteiger partial charge in [0.2, 0.25) is 0 Å². The van der Waals surface area contributed by atoms with Crippen LogP contribution in [-0.2, 0) is 4.74 Å². The molecule has 0 radical (unpaired) electrons. The molecule has 5 rings (SSSR count). The Morgan fingerprint density at radius 3 is 2.51 bits per heavy atom. The van der Waals surface area contributed by atoms with Crippen molar-refractivity contribution in [2.75, 3.05) is 41.8 Å². The van der Waals surface area contributed by atoms with Gasteiger partial charge < -0.3 is 25.0 Å². The molecule has 1 aliphatic rings. The third kappa shape index (κ3) is 5.59. The van der Waals surface area contributed by atoms with Crippen molar-refractivity contribution in [3.8, 4) is 11.5 Å². The molecule has 0 atom stereocenters. The average molecular weight is 494 g/mol. The number of benzene rings is 3. The van der Waals surface area contributed by atoms with Crippen LogP contribution in [0, 0.1) is 5.82 Å². The summed E-state index contributed by atoms with van der Waals surface area (Å²) in [5.41, 5.74) is 2.26. The first kappa shape index (κ1) is 22.8. The van der Waals surface area contributed by atoms with Crippen molar-refractivity contribution in [2.24, 2.45) is 0 Å². The number of ether oxygens (including phenoxy) is 2. The third-order valence-electron chi connectivity index (χ3n) is 5.36. The van der Waals surface area contributed by atoms with Crippen LogP contribution in [0.25, 0.3) is 11.0 Å². The standard InChI is InChI=1S/C25H21ClFN5O3/c26-16-1-3-17(4-2-16)29-25(33)30-18-5-7-20(27)23(13-18)35-19-6-8-21-22(14-19)31-24(15-28-21)32-9-11-34-12-10-32/h1-8,13-15H,9-12H2,(H2,29,30,33). The summed E-state index contributed by atoms with van der Waals surface area (Å²) in [6, 6.07) is 15.4. The fraction of sp³-hybridized carbons (Fsp3) is 0.160. The predicted octanol–water partition coefficient (Wildman–Crippen LogP) is 5.70. The van der Waals surface area contributed by atoms with Crippen LogP contribution >= 0.6 is 11.6 Å². The molecule has 178 valence electrons. The molecule has 0 saturated carbocycles. The fourth-order valence-electron chi connectivity index (χ4n) is 3.60. The van der Waals surface area contributed by atoms with E-state index < -0.39 is 11.8 Å². The molecule has 3 aromatic carbocycles. The molecular weight excluding hydrogens is 473 g/mol. The zero-order valence-electron chi connectivity index (χ0n) is 18.5. The van der Waals surface area contributed by atoms with E-state index in [9.17, 15) is 9.18 Å². The lowest BCUT2D eigenvalue weighted by Gasteiger charge is -2.27. The van der Waals surface area contributed by atoms with Crippen LogP contribution in [0.2, 0.25) is 5.02 Å². The highest BCUT2D eigenvalue weighted by Crippen LogP contribution is 2.29. The monoisotopic (exact) mass is 493 g/mol. The van der Waals surface area contributed by atoms with E-state index in [1.807, 2.05) is 0 Å². The minimum atomic E-state index is -0.568. The van der Waals surface area contributed by atoms with E-state index in [1.165, 1.54) is 18.2 Å². The maximum atomic E-state index is 14.5. The Labute approximate surface area is 205 Å². The number of carbonyl (C=O) groups is 1. The number of nitrogens with zero attached hydrogens (tertiary/aromatic N) is 3. The van der Waals surface area contributed by atoms with Crippen LogP contribution in [0.3, 0.4) is 0 Å². The minimum absolute atomic E-state index is 0.0362. The normalized spacial score (nSPS) is 13.5. The molecule has 2 heterocycles. The number of urea groups is 1. The summed E-state index contributed by atoms with van der Waals surface area (Å²) >= 11 is 5.86. The lowest BCUT2D eigenvalue weighted by molar-refractivity contribution is 0.122. The number of aromatic nitrogens is 2. The van der Waals surface area contributed by atoms with Crippen molar-refractivity contribution in [1.29, 1.82) is 0 Å². The van der Waals surface area contributed by atoms with Crippen LogP contribution in [0.5, 0.6) is 11.5 Å². The first-order valence-corrected chi connectivity index (χ1v) is 11.3. The number of hydrogen-bond acceptors (Lipinski definition) is 6. The Kier molecular flexibility index (Phi) is 6.60. The average Bonchev–Trinajstić information content (AvgIpc) is 2.87. The van der Waals surface area contributed by atoms with Gasteiger partial charge in [0.05, 0.1) is 30.4 Å². The van der Waals surface area contributed by atoms with Gasteiger partial charge in [0.1, 0.15) is 11.6 Å². The number of nitrogens with one attached hydrogen (secondary N) is 2. The van der Waals surface area contributed by atoms with Crippen molar-refractivity contribution in [3.63, 3.8) is 0 Å². The number of halogens is 2. The van der Waals surface area contributed by atoms with E-state index in [1.54, 1.807) is 48.7 Å². The molecule has 2 amide bonds. The molecule has 1 fully saturated rings. The molecule has 0 spiro atoms. The van der Waals surface area contributed by atoms with E-state index in [0.717, 1.165) is 18.9 Å². The SMILES string of the molecule is O=C(Nc1ccc(Cl)cc1)Nc1ccc(F)c(Oc2ccc3ncc(N4CCOCC4)nc3c2)c1. The van der Waals surface area contributed by atoms with Gasteiger partial charge in [0.25, 0.3) is 0 Å². The van der Waals surface area contributed by atoms with Gasteiger partial charge in [-0.05, 0) is 48.5 Å². The Bertz CT molecular complexity index is 1360. The number of morpholine rings is 1. The Hall–Kier alpha value is -3.95. The van der Waals surface area contributed by atoms with E-state index >= 15 is 0 Å². The largest absolute Gasteiger partial charge is 0.454 e. The second kappa shape index (κ2) is 10.1. The summed E-state index contributed by atoms with van der Waals surface area (Å²) in [5.74, 6) is 0.544. The zero-order valence-corrected chi connectivity index (χ0v) is 19.3. The smallest absolute Gasteiger partial charge is 0.323 e. The van der Waals surface area contributed by atoms with Crippen LogP contribution in [0.1, 0.15) is 0 Å². The molecule has 1 aliphatic heterocycles. The lowest BCUT2D eigenvalue weighted by Crippen LogP contribution is -2.36. The summed E-state index contributed by atoms with van der Waals surface area (Å²) in [5, 5.41) is 5.91. The van der Waals surface area contributed by atoms with Crippen LogP contribution in [0.15, 0.2) is 66.9 Å². The molecule has 1 saturated heterocycles. The first-order valence-electron chi connectivity index (χ1n) is 10.9. The maximum absolute atomic E-state index is 14.5. The molecule has 0 bridgehead atoms. The van der Waals surface area contributed by atoms with Gasteiger partial charge in [-0.25, -0.2) is 14.2 Å². The molecule has 2 N–H and O–H groups in total. The van der Waals surface area contributed by atoms with Crippen molar-refractivity contribution in [3.05, 3.63) is 77.7 Å². The van der Waals surface area contributed by atoms with Gasteiger partial charge in [-0.15, -0.1) is 0 Å². The Balaban J connectivity index is 1.31. The highest BCUT2D eigenvalue weighted by molar-refractivity contribution is 6.30. The van der Waals surface area contributed by atoms with Gasteiger partial charge in [0.15, 0.2) is 11.6 Å². The van der Waals surface area contributed by atoms with Gasteiger partial charge in [-0.2, -0.15) is 0 Å². The molecule has 8 nitrogen and oxygen atoms in total. The van der Waals surface area contributed by atoms with E-state index in [-0.39, 0.29) is 5.75 Å². The topological polar surface area (TPSA) is 88.6 Å². The number of rotatable bonds is 5. The number of amides is 2. The summed E-state index contributed by atoms with van der Waals surface area (Å²) in [6.07, 6.45) is 1.73. The quantitative estimate of drug-likeness (QED) is 0.371. The zero-order chi connectivity index (χ0) is 24.2. The number of carbonyl (C=O) groups excluding carboxylic acids is 1. The first-order chi connectivity index (χ1) is 17.0. The molecule has 1 aromatic heterocycles. The lowest BCUT2D eigenvalue weighted by atomic mass is 10.2. The van der Waals surface area contributed by atoms with E-state index in [4.69, 9.17) is 21.1 Å². The van der Waals surface area contributed by atoms with Crippen LogP contribution < -0.4 is 20.3 Å². The number of anilines is 3. The maximum Gasteiger partial charge on any atom is 0.323 e. The molecule has 35 heavy (non-hydrogen) atoms. The van der Waals surface area contributed by atoms with Crippen LogP contribution in [-0.4, -0.2) is 42.3 Å². The molecule has 0 unspecified atom stereocenters. The summed E-state index contributed by atoms with van der Waals surface area (Å²) < 4.78 is 25.7. The van der Waals surface area contributed by atoms with Gasteiger partial charge in [0, 0.05) is 41.6 Å². The minimum Gasteiger partial charge on any atom is -0.454 e. The summed E-state index contributed by atoms with van der Waals surface area (Å²) in [7, 11) is 0. The fourth-order valence-corrected chi connectivity index (χ4v) is 3.73. The van der Waals surface area contributed by atoms with Crippen molar-refractivity contribution < 1.29 is 18.7 Å². The highest BCUT2D eigenvalue weighted by Gasteiger charge is 2.14. The third-order valence-corrected chi connectivity index (χ3v) is 5.61. The Morgan fingerprint density at radius 2 is 1.71 bits per heavy atom. The highest BCUT2D eigenvalue weighted by atomic mass is 35.5. The molecule has 10 heteroatoms. The molecule has 0 aliphatic carbocycles. The van der Waals surface area contributed by atoms with Gasteiger partial charge >= 0.3 is 6.03 Å². The van der Waals surface area contributed by atoms with Crippen molar-refractivity contribution >= 4 is 45.9 Å². The van der Waals surface area contributed by atoms with E-state index in [2.05, 4.69) is 25.5 Å². The van der Waals surface area contributed by atoms with Crippen LogP contribution in [0.4, 0.5) is 26.4 Å². The molecule has 4 aromatic rings. The van der Waals surface area contributed by atoms with Gasteiger partial charge in [-0.1, -0.05) is 11.6 Å². The number of fused-ring (bicyclic) bond motifs is 1. The van der Waals surface area contributed by atoms with Crippen molar-refractivity contribution in [1.82, 2.24) is 9.97 Å². The summed E-state index contributed by atoms with van der Waals surface area (Å²) in [4.78, 5) is 23.6. The van der Waals surface area contributed by atoms with Crippen molar-refractivity contribution in [2.45, 2.75) is 0 Å². The second-order valence-electron chi connectivity index (χ2n) is 7.81. The second-order valence-corrected chi connectivity index (χ2v) is 8.25. The summed E-state index contributed by atoms with van der Waals surface area (Å²) in [6.45, 7) is 2.77. The van der Waals surface area contributed by atoms with Gasteiger partial charge in [-0.3, -0.25) is 4.98 Å². The van der Waals surface area contributed by atoms with E-state index in [0.29, 0.717) is 46.4 Å².